The quantitative estimate of drug-likeness (QED) is 0.601. The van der Waals surface area contributed by atoms with E-state index < -0.39 is 0 Å². The second-order valence-electron chi connectivity index (χ2n) is 5.37. The zero-order valence-electron chi connectivity index (χ0n) is 12.7. The van der Waals surface area contributed by atoms with Crippen LogP contribution < -0.4 is 0 Å². The molecule has 1 aliphatic rings. The van der Waals surface area contributed by atoms with Crippen molar-refractivity contribution in [2.45, 2.75) is 13.0 Å². The first-order valence-corrected chi connectivity index (χ1v) is 9.35. The van der Waals surface area contributed by atoms with E-state index in [9.17, 15) is 10.4 Å². The minimum Gasteiger partial charge on any atom is -0.506 e. The first-order valence-electron chi connectivity index (χ1n) is 6.95. The number of rotatable bonds is 2. The summed E-state index contributed by atoms with van der Waals surface area (Å²) in [5.74, 6) is 0.136. The van der Waals surface area contributed by atoms with Crippen molar-refractivity contribution < 1.29 is 5.11 Å². The van der Waals surface area contributed by atoms with E-state index in [4.69, 9.17) is 0 Å². The predicted molar refractivity (Wildman–Crippen MR) is 107 cm³/mol. The van der Waals surface area contributed by atoms with Crippen molar-refractivity contribution in [3.05, 3.63) is 42.6 Å². The third-order valence-electron chi connectivity index (χ3n) is 3.72. The summed E-state index contributed by atoms with van der Waals surface area (Å²) in [6.45, 7) is 1.82. The van der Waals surface area contributed by atoms with Crippen LogP contribution in [0.15, 0.2) is 26.1 Å². The standard InChI is InChI=1S/C16H13Br2N3OS.ClH/c1-21-3-2-11-12(6-19)16(23-14(11)8-21)20-7-9-4-10(17)5-13(18)15(9)22;/h4-5,7,22H,2-3,8H2,1H3;1H. The molecule has 24 heavy (non-hydrogen) atoms. The molecule has 1 aromatic heterocycles. The summed E-state index contributed by atoms with van der Waals surface area (Å²) < 4.78 is 1.44. The molecule has 0 fully saturated rings. The van der Waals surface area contributed by atoms with Crippen molar-refractivity contribution in [3.63, 3.8) is 0 Å². The fraction of sp³-hybridized carbons (Fsp3) is 0.250. The van der Waals surface area contributed by atoms with Gasteiger partial charge < -0.3 is 10.0 Å². The zero-order chi connectivity index (χ0) is 16.6. The van der Waals surface area contributed by atoms with Gasteiger partial charge in [-0.15, -0.1) is 23.7 Å². The van der Waals surface area contributed by atoms with Crippen LogP contribution in [0.2, 0.25) is 0 Å². The lowest BCUT2D eigenvalue weighted by atomic mass is 10.0. The van der Waals surface area contributed by atoms with E-state index in [1.165, 1.54) is 4.88 Å². The number of fused-ring (bicyclic) bond motifs is 1. The van der Waals surface area contributed by atoms with Gasteiger partial charge in [0.15, 0.2) is 0 Å². The molecule has 0 unspecified atom stereocenters. The van der Waals surface area contributed by atoms with Crippen molar-refractivity contribution in [1.82, 2.24) is 4.90 Å². The van der Waals surface area contributed by atoms with E-state index in [0.717, 1.165) is 29.5 Å². The fourth-order valence-corrected chi connectivity index (χ4v) is 5.02. The first-order chi connectivity index (χ1) is 11.0. The highest BCUT2D eigenvalue weighted by molar-refractivity contribution is 9.11. The average Bonchev–Trinajstić information content (AvgIpc) is 2.85. The molecule has 8 heteroatoms. The number of thiophene rings is 1. The molecule has 3 rings (SSSR count). The summed E-state index contributed by atoms with van der Waals surface area (Å²) in [6.07, 6.45) is 2.49. The van der Waals surface area contributed by atoms with Gasteiger partial charge in [0.05, 0.1) is 10.0 Å². The van der Waals surface area contributed by atoms with Gasteiger partial charge in [-0.05, 0) is 47.1 Å². The van der Waals surface area contributed by atoms with E-state index in [1.54, 1.807) is 29.7 Å². The predicted octanol–water partition coefficient (Wildman–Crippen LogP) is 5.01. The Balaban J connectivity index is 0.00000208. The summed E-state index contributed by atoms with van der Waals surface area (Å²) in [5, 5.41) is 20.3. The number of hydrogen-bond donors (Lipinski definition) is 1. The maximum atomic E-state index is 10.1. The SMILES string of the molecule is CN1CCc2c(sc(N=Cc3cc(Br)cc(Br)c3O)c2C#N)C1.Cl. The molecule has 2 heterocycles. The number of aromatic hydroxyl groups is 1. The van der Waals surface area contributed by atoms with Crippen LogP contribution in [0.4, 0.5) is 5.00 Å². The summed E-state index contributed by atoms with van der Waals surface area (Å²) in [4.78, 5) is 7.92. The molecule has 0 bridgehead atoms. The number of likely N-dealkylation sites (N-methyl/N-ethyl adjacent to an activating group) is 1. The Morgan fingerprint density at radius 1 is 1.42 bits per heavy atom. The van der Waals surface area contributed by atoms with Gasteiger partial charge in [-0.2, -0.15) is 5.26 Å². The Hall–Kier alpha value is -0.910. The number of aliphatic imine (C=N–C) groups is 1. The van der Waals surface area contributed by atoms with Crippen LogP contribution in [0, 0.1) is 11.3 Å². The molecule has 2 aromatic rings. The van der Waals surface area contributed by atoms with Crippen molar-refractivity contribution in [3.8, 4) is 11.8 Å². The van der Waals surface area contributed by atoms with Crippen LogP contribution in [-0.4, -0.2) is 29.8 Å². The molecule has 4 nitrogen and oxygen atoms in total. The second-order valence-corrected chi connectivity index (χ2v) is 8.22. The molecule has 0 atom stereocenters. The van der Waals surface area contributed by atoms with Crippen LogP contribution in [-0.2, 0) is 13.0 Å². The van der Waals surface area contributed by atoms with Crippen molar-refractivity contribution >= 4 is 66.8 Å². The van der Waals surface area contributed by atoms with Gasteiger partial charge in [-0.3, -0.25) is 0 Å². The molecule has 0 amide bonds. The topological polar surface area (TPSA) is 59.6 Å². The Labute approximate surface area is 167 Å². The zero-order valence-corrected chi connectivity index (χ0v) is 17.5. The largest absolute Gasteiger partial charge is 0.506 e. The lowest BCUT2D eigenvalue weighted by molar-refractivity contribution is 0.317. The number of phenols is 1. The minimum absolute atomic E-state index is 0. The molecule has 126 valence electrons. The monoisotopic (exact) mass is 489 g/mol. The number of hydrogen-bond acceptors (Lipinski definition) is 5. The Morgan fingerprint density at radius 3 is 2.88 bits per heavy atom. The fourth-order valence-electron chi connectivity index (χ4n) is 2.54. The molecule has 0 saturated heterocycles. The van der Waals surface area contributed by atoms with E-state index >= 15 is 0 Å². The Bertz CT molecular complexity index is 845. The van der Waals surface area contributed by atoms with E-state index in [2.05, 4.69) is 54.9 Å². The lowest BCUT2D eigenvalue weighted by Gasteiger charge is -2.21. The summed E-state index contributed by atoms with van der Waals surface area (Å²) >= 11 is 8.26. The number of phenolic OH excluding ortho intramolecular Hbond substituents is 1. The van der Waals surface area contributed by atoms with Gasteiger partial charge in [0.25, 0.3) is 0 Å². The molecule has 1 aliphatic heterocycles. The Kier molecular flexibility index (Phi) is 6.46. The molecule has 1 N–H and O–H groups in total. The average molecular weight is 492 g/mol. The molecular weight excluding hydrogens is 478 g/mol. The maximum Gasteiger partial charge on any atom is 0.138 e. The van der Waals surface area contributed by atoms with Crippen LogP contribution in [0.1, 0.15) is 21.6 Å². The maximum absolute atomic E-state index is 10.1. The van der Waals surface area contributed by atoms with Crippen LogP contribution in [0.3, 0.4) is 0 Å². The van der Waals surface area contributed by atoms with Gasteiger partial charge in [-0.25, -0.2) is 4.99 Å². The van der Waals surface area contributed by atoms with E-state index in [0.29, 0.717) is 20.6 Å². The molecule has 0 radical (unpaired) electrons. The summed E-state index contributed by atoms with van der Waals surface area (Å²) in [6, 6.07) is 5.85. The molecule has 1 aromatic carbocycles. The number of benzene rings is 1. The number of nitriles is 1. The van der Waals surface area contributed by atoms with Crippen molar-refractivity contribution in [1.29, 1.82) is 5.26 Å². The van der Waals surface area contributed by atoms with Gasteiger partial charge >= 0.3 is 0 Å². The van der Waals surface area contributed by atoms with Crippen molar-refractivity contribution in [2.24, 2.45) is 4.99 Å². The number of halogens is 3. The molecule has 0 aliphatic carbocycles. The smallest absolute Gasteiger partial charge is 0.138 e. The first kappa shape index (κ1) is 19.4. The highest BCUT2D eigenvalue weighted by Crippen LogP contribution is 2.38. The van der Waals surface area contributed by atoms with Gasteiger partial charge in [0.1, 0.15) is 16.8 Å². The van der Waals surface area contributed by atoms with Gasteiger partial charge in [-0.1, -0.05) is 15.9 Å². The number of nitrogens with zero attached hydrogens (tertiary/aromatic N) is 3. The molecule has 0 saturated carbocycles. The van der Waals surface area contributed by atoms with Crippen LogP contribution in [0.5, 0.6) is 5.75 Å². The summed E-state index contributed by atoms with van der Waals surface area (Å²) in [7, 11) is 2.08. The normalized spacial score (nSPS) is 14.2. The second kappa shape index (κ2) is 7.98. The Morgan fingerprint density at radius 2 is 2.17 bits per heavy atom. The lowest BCUT2D eigenvalue weighted by Crippen LogP contribution is -2.25. The van der Waals surface area contributed by atoms with Crippen LogP contribution >= 0.6 is 55.6 Å². The van der Waals surface area contributed by atoms with Gasteiger partial charge in [0.2, 0.25) is 0 Å². The minimum atomic E-state index is 0. The van der Waals surface area contributed by atoms with E-state index in [-0.39, 0.29) is 18.2 Å². The van der Waals surface area contributed by atoms with E-state index in [1.807, 2.05) is 0 Å². The van der Waals surface area contributed by atoms with Gasteiger partial charge in [0, 0.05) is 34.2 Å². The molecule has 0 spiro atoms. The highest BCUT2D eigenvalue weighted by atomic mass is 79.9. The van der Waals surface area contributed by atoms with Crippen LogP contribution in [0.25, 0.3) is 0 Å². The third kappa shape index (κ3) is 3.84. The molecular formula is C16H14Br2ClN3OS. The third-order valence-corrected chi connectivity index (χ3v) is 5.91. The van der Waals surface area contributed by atoms with Crippen molar-refractivity contribution in [2.75, 3.05) is 13.6 Å². The summed E-state index contributed by atoms with van der Waals surface area (Å²) in [5.41, 5.74) is 2.39. The highest BCUT2D eigenvalue weighted by Gasteiger charge is 2.22.